The Balaban J connectivity index is 0.897. The maximum atomic E-state index is 16.7. The molecule has 1 aliphatic carbocycles. The highest BCUT2D eigenvalue weighted by Crippen LogP contribution is 2.58. The van der Waals surface area contributed by atoms with Crippen molar-refractivity contribution in [1.82, 2.24) is 25.2 Å². The maximum absolute atomic E-state index is 16.7. The predicted octanol–water partition coefficient (Wildman–Crippen LogP) is 8.84. The molecule has 5 aromatic rings. The number of alkyl halides is 1. The zero-order valence-electron chi connectivity index (χ0n) is 35.1. The summed E-state index contributed by atoms with van der Waals surface area (Å²) in [7, 11) is -4.50. The molecule has 5 heterocycles. The van der Waals surface area contributed by atoms with Crippen LogP contribution in [0.15, 0.2) is 109 Å². The van der Waals surface area contributed by atoms with Gasteiger partial charge in [0.25, 0.3) is 5.91 Å². The number of benzene rings is 3. The van der Waals surface area contributed by atoms with Crippen LogP contribution in [0, 0.1) is 0 Å². The highest BCUT2D eigenvalue weighted by Gasteiger charge is 2.58. The zero-order chi connectivity index (χ0) is 43.7. The number of nitrogens with one attached hydrogen (secondary N) is 2. The highest BCUT2D eigenvalue weighted by atomic mass is 32.1. The minimum absolute atomic E-state index is 0.0123. The molecule has 0 bridgehead atoms. The third-order valence-electron chi connectivity index (χ3n) is 13.0. The third kappa shape index (κ3) is 9.03. The molecule has 4 aliphatic rings. The number of para-hydroxylation sites is 1. The molecule has 2 aromatic heterocycles. The van der Waals surface area contributed by atoms with Gasteiger partial charge >= 0.3 is 13.5 Å². The van der Waals surface area contributed by atoms with Gasteiger partial charge in [0, 0.05) is 41.1 Å². The van der Waals surface area contributed by atoms with Crippen LogP contribution in [0.3, 0.4) is 0 Å². The normalized spacial score (nSPS) is 23.6. The molecule has 3 aliphatic heterocycles. The van der Waals surface area contributed by atoms with Crippen molar-refractivity contribution in [3.05, 3.63) is 131 Å². The number of nitrogens with zero attached hydrogens (tertiary/aromatic N) is 3. The maximum Gasteiger partial charge on any atom is 0.355 e. The third-order valence-corrected chi connectivity index (χ3v) is 16.3. The van der Waals surface area contributed by atoms with Gasteiger partial charge in [-0.05, 0) is 110 Å². The number of fused-ring (bicyclic) bond motifs is 2. The van der Waals surface area contributed by atoms with E-state index in [2.05, 4.69) is 26.4 Å². The molecule has 12 nitrogen and oxygen atoms in total. The van der Waals surface area contributed by atoms with Crippen LogP contribution < -0.4 is 14.9 Å². The average molecular weight is 892 g/mol. The number of rotatable bonds is 13. The summed E-state index contributed by atoms with van der Waals surface area (Å²) in [4.78, 5) is 64.4. The van der Waals surface area contributed by atoms with Crippen molar-refractivity contribution in [1.29, 1.82) is 0 Å². The van der Waals surface area contributed by atoms with Gasteiger partial charge in [0.1, 0.15) is 30.5 Å². The van der Waals surface area contributed by atoms with Gasteiger partial charge in [0.05, 0.1) is 4.88 Å². The van der Waals surface area contributed by atoms with Crippen LogP contribution in [0.4, 0.5) is 4.39 Å². The van der Waals surface area contributed by atoms with E-state index in [4.69, 9.17) is 9.26 Å². The van der Waals surface area contributed by atoms with Crippen molar-refractivity contribution >= 4 is 52.6 Å². The minimum Gasteiger partial charge on any atom is -0.460 e. The second-order valence-corrected chi connectivity index (χ2v) is 20.5. The molecule has 7 atom stereocenters. The summed E-state index contributed by atoms with van der Waals surface area (Å²) in [6.07, 6.45) is 10.7. The molecule has 9 rings (SSSR count). The van der Waals surface area contributed by atoms with E-state index >= 15 is 4.39 Å². The molecular weight excluding hydrogens is 841 g/mol. The second kappa shape index (κ2) is 18.0. The first-order valence-electron chi connectivity index (χ1n) is 21.8. The first-order valence-corrected chi connectivity index (χ1v) is 24.4. The molecule has 2 N–H and O–H groups in total. The molecule has 4 fully saturated rings. The molecule has 15 heteroatoms. The quantitative estimate of drug-likeness (QED) is 0.0875. The molecule has 1 spiro atoms. The van der Waals surface area contributed by atoms with Crippen LogP contribution in [0.1, 0.15) is 103 Å². The molecule has 328 valence electrons. The van der Waals surface area contributed by atoms with Crippen LogP contribution in [-0.2, 0) is 30.3 Å². The second-order valence-electron chi connectivity index (χ2n) is 17.4. The lowest BCUT2D eigenvalue weighted by Crippen LogP contribution is -2.57. The number of amides is 3. The van der Waals surface area contributed by atoms with Crippen LogP contribution in [0.25, 0.3) is 10.1 Å². The van der Waals surface area contributed by atoms with Crippen molar-refractivity contribution < 1.29 is 37.4 Å². The van der Waals surface area contributed by atoms with Gasteiger partial charge < -0.3 is 24.4 Å². The van der Waals surface area contributed by atoms with E-state index in [1.165, 1.54) is 30.4 Å². The lowest BCUT2D eigenvalue weighted by Gasteiger charge is -2.37. The average Bonchev–Trinajstić information content (AvgIpc) is 3.58. The molecule has 3 saturated heterocycles. The largest absolute Gasteiger partial charge is 0.460 e. The summed E-state index contributed by atoms with van der Waals surface area (Å²) in [6.45, 7) is 2.04. The standard InChI is InChI=1S/C48H51FN5O7PS/c1-31(47(58)60-30-32-11-4-2-5-12-32)52-62(59,61-38-15-6-3-7-16-38)43(49)33-18-21-41-35(25-33)26-42(63-41)44(55)51-39-17-9-8-14-37-19-20-40(54(37)45(39)56)46(57)53-29-36(27-48(53)22-23-48)34-13-10-24-50-28-34/h2-7,10-13,15-16,18,21,24-26,28,31,36-37,39-40,43H,8-9,14,17,19-20,22-23,27,29-30H2,1H3,(H,51,55)(H,52,59)/t31-,36-,37-,39-,40-,43+,62?/m0/s1. The van der Waals surface area contributed by atoms with Crippen LogP contribution in [-0.4, -0.2) is 74.7 Å². The Labute approximate surface area is 370 Å². The molecule has 3 aromatic carbocycles. The Bertz CT molecular complexity index is 2530. The number of esters is 1. The lowest BCUT2D eigenvalue weighted by atomic mass is 9.97. The Morgan fingerprint density at radius 1 is 0.952 bits per heavy atom. The zero-order valence-corrected chi connectivity index (χ0v) is 36.8. The number of hydrogen-bond acceptors (Lipinski definition) is 9. The highest BCUT2D eigenvalue weighted by molar-refractivity contribution is 7.57. The summed E-state index contributed by atoms with van der Waals surface area (Å²) in [5.74, 6) is -3.24. The van der Waals surface area contributed by atoms with E-state index in [-0.39, 0.29) is 47.2 Å². The first-order chi connectivity index (χ1) is 30.5. The Hall–Kier alpha value is -5.43. The predicted molar refractivity (Wildman–Crippen MR) is 238 cm³/mol. The number of aromatic nitrogens is 1. The number of pyridine rings is 1. The Morgan fingerprint density at radius 3 is 2.46 bits per heavy atom. The molecule has 1 saturated carbocycles. The van der Waals surface area contributed by atoms with Crippen molar-refractivity contribution in [2.45, 2.75) is 113 Å². The van der Waals surface area contributed by atoms with Crippen LogP contribution in [0.5, 0.6) is 5.75 Å². The summed E-state index contributed by atoms with van der Waals surface area (Å²) < 4.78 is 43.2. The topological polar surface area (TPSA) is 147 Å². The molecular formula is C48H51FN5O7PS. The number of hydrogen-bond donors (Lipinski definition) is 2. The van der Waals surface area contributed by atoms with Crippen molar-refractivity contribution in [3.8, 4) is 5.75 Å². The van der Waals surface area contributed by atoms with Gasteiger partial charge in [-0.1, -0.05) is 73.5 Å². The number of halogens is 1. The number of likely N-dealkylation sites (tertiary alicyclic amines) is 1. The number of ether oxygens (including phenoxy) is 1. The Kier molecular flexibility index (Phi) is 12.2. The van der Waals surface area contributed by atoms with Gasteiger partial charge in [-0.25, -0.2) is 9.48 Å². The van der Waals surface area contributed by atoms with Crippen molar-refractivity contribution in [2.24, 2.45) is 0 Å². The van der Waals surface area contributed by atoms with Gasteiger partial charge in [0.15, 0.2) is 0 Å². The van der Waals surface area contributed by atoms with E-state index in [0.717, 1.165) is 56.1 Å². The van der Waals surface area contributed by atoms with E-state index in [9.17, 15) is 23.7 Å². The van der Waals surface area contributed by atoms with E-state index in [1.807, 2.05) is 30.5 Å². The summed E-state index contributed by atoms with van der Waals surface area (Å²) >= 11 is 1.20. The monoisotopic (exact) mass is 891 g/mol. The molecule has 1 unspecified atom stereocenters. The van der Waals surface area contributed by atoms with Crippen molar-refractivity contribution in [3.63, 3.8) is 0 Å². The Morgan fingerprint density at radius 2 is 1.71 bits per heavy atom. The minimum atomic E-state index is -4.50. The van der Waals surface area contributed by atoms with Gasteiger partial charge in [-0.3, -0.25) is 28.7 Å². The van der Waals surface area contributed by atoms with Gasteiger partial charge in [-0.2, -0.15) is 0 Å². The fraction of sp³-hybridized carbons (Fsp3) is 0.396. The fourth-order valence-corrected chi connectivity index (χ4v) is 12.5. The van der Waals surface area contributed by atoms with Gasteiger partial charge in [0.2, 0.25) is 17.7 Å². The SMILES string of the molecule is C[C@H](NP(=O)(Oc1ccccc1)[C@@H](F)c1ccc2sc(C(=O)N[C@H]3CCCC[C@H]4CC[C@@H](C(=O)N5C[C@@H](c6cccnc6)CC56CC6)N4C3=O)cc2c1)C(=O)OCc1ccccc1. The van der Waals surface area contributed by atoms with Crippen LogP contribution in [0.2, 0.25) is 0 Å². The molecule has 63 heavy (non-hydrogen) atoms. The summed E-state index contributed by atoms with van der Waals surface area (Å²) in [5, 5.41) is 6.17. The van der Waals surface area contributed by atoms with E-state index < -0.39 is 43.4 Å². The first kappa shape index (κ1) is 42.9. The van der Waals surface area contributed by atoms with Crippen LogP contribution >= 0.6 is 18.9 Å². The lowest BCUT2D eigenvalue weighted by molar-refractivity contribution is -0.148. The molecule has 3 amide bonds. The number of carbonyl (C=O) groups excluding carboxylic acids is 4. The summed E-state index contributed by atoms with van der Waals surface area (Å²) in [5.41, 5.74) is 1.76. The molecule has 0 radical (unpaired) electrons. The van der Waals surface area contributed by atoms with E-state index in [0.29, 0.717) is 34.3 Å². The van der Waals surface area contributed by atoms with Crippen molar-refractivity contribution in [2.75, 3.05) is 6.54 Å². The fourth-order valence-electron chi connectivity index (χ4n) is 9.62. The van der Waals surface area contributed by atoms with E-state index in [1.54, 1.807) is 65.7 Å². The van der Waals surface area contributed by atoms with Gasteiger partial charge in [-0.15, -0.1) is 11.3 Å². The number of thiophene rings is 1. The summed E-state index contributed by atoms with van der Waals surface area (Å²) in [6, 6.07) is 24.9. The smallest absolute Gasteiger partial charge is 0.355 e. The number of carbonyl (C=O) groups is 4.